The molecule has 0 atom stereocenters. The quantitative estimate of drug-likeness (QED) is 0.418. The zero-order chi connectivity index (χ0) is 16.6. The van der Waals surface area contributed by atoms with Crippen LogP contribution in [-0.2, 0) is 29.2 Å². The highest BCUT2D eigenvalue weighted by Gasteiger charge is 2.13. The SMILES string of the molecule is CCc1noc(CC)c1CNC(=NC)NCCCS(C)(=O)=O. The van der Waals surface area contributed by atoms with E-state index in [9.17, 15) is 8.42 Å². The lowest BCUT2D eigenvalue weighted by Gasteiger charge is -2.12. The summed E-state index contributed by atoms with van der Waals surface area (Å²) in [5, 5.41) is 10.4. The molecule has 0 aliphatic rings. The summed E-state index contributed by atoms with van der Waals surface area (Å²) in [7, 11) is -1.23. The van der Waals surface area contributed by atoms with Crippen molar-refractivity contribution >= 4 is 15.8 Å². The summed E-state index contributed by atoms with van der Waals surface area (Å²) >= 11 is 0. The fourth-order valence-corrected chi connectivity index (χ4v) is 2.74. The van der Waals surface area contributed by atoms with Gasteiger partial charge in [0, 0.05) is 38.4 Å². The normalized spacial score (nSPS) is 12.5. The smallest absolute Gasteiger partial charge is 0.191 e. The Morgan fingerprint density at radius 2 is 2.00 bits per heavy atom. The highest BCUT2D eigenvalue weighted by Crippen LogP contribution is 2.15. The Hall–Kier alpha value is -1.57. The van der Waals surface area contributed by atoms with Crippen molar-refractivity contribution < 1.29 is 12.9 Å². The summed E-state index contributed by atoms with van der Waals surface area (Å²) in [6.45, 7) is 5.21. The average Bonchev–Trinajstić information content (AvgIpc) is 2.87. The van der Waals surface area contributed by atoms with Gasteiger partial charge < -0.3 is 15.2 Å². The molecule has 22 heavy (non-hydrogen) atoms. The number of sulfone groups is 1. The second-order valence-corrected chi connectivity index (χ2v) is 7.33. The molecule has 0 aliphatic heterocycles. The molecule has 0 saturated carbocycles. The molecule has 1 heterocycles. The first-order valence-corrected chi connectivity index (χ1v) is 9.55. The van der Waals surface area contributed by atoms with Crippen molar-refractivity contribution in [3.8, 4) is 0 Å². The maximum Gasteiger partial charge on any atom is 0.191 e. The number of aromatic nitrogens is 1. The highest BCUT2D eigenvalue weighted by atomic mass is 32.2. The van der Waals surface area contributed by atoms with E-state index < -0.39 is 9.84 Å². The van der Waals surface area contributed by atoms with Crippen LogP contribution in [0.4, 0.5) is 0 Å². The molecule has 0 unspecified atom stereocenters. The van der Waals surface area contributed by atoms with Crippen LogP contribution < -0.4 is 10.6 Å². The van der Waals surface area contributed by atoms with Crippen LogP contribution in [0, 0.1) is 0 Å². The predicted octanol–water partition coefficient (Wildman–Crippen LogP) is 0.899. The van der Waals surface area contributed by atoms with Crippen molar-refractivity contribution in [1.29, 1.82) is 0 Å². The second kappa shape index (κ2) is 8.77. The first-order valence-electron chi connectivity index (χ1n) is 7.49. The maximum atomic E-state index is 11.1. The summed E-state index contributed by atoms with van der Waals surface area (Å²) in [6, 6.07) is 0. The molecule has 126 valence electrons. The third kappa shape index (κ3) is 6.05. The molecule has 0 amide bonds. The Morgan fingerprint density at radius 3 is 2.55 bits per heavy atom. The first kappa shape index (κ1) is 18.5. The zero-order valence-corrected chi connectivity index (χ0v) is 14.6. The molecule has 0 spiro atoms. The van der Waals surface area contributed by atoms with Crippen LogP contribution in [0.25, 0.3) is 0 Å². The van der Waals surface area contributed by atoms with Crippen LogP contribution in [-0.4, -0.2) is 45.1 Å². The minimum absolute atomic E-state index is 0.169. The number of hydrogen-bond donors (Lipinski definition) is 2. The third-order valence-electron chi connectivity index (χ3n) is 3.25. The predicted molar refractivity (Wildman–Crippen MR) is 87.8 cm³/mol. The van der Waals surface area contributed by atoms with Gasteiger partial charge in [0.1, 0.15) is 15.6 Å². The van der Waals surface area contributed by atoms with Gasteiger partial charge in [-0.15, -0.1) is 0 Å². The zero-order valence-electron chi connectivity index (χ0n) is 13.8. The summed E-state index contributed by atoms with van der Waals surface area (Å²) in [5.74, 6) is 1.69. The standard InChI is InChI=1S/C14H26N4O3S/c1-5-12-11(13(6-2)21-18-12)10-17-14(15-3)16-8-7-9-22(4,19)20/h5-10H2,1-4H3,(H2,15,16,17). The number of nitrogens with one attached hydrogen (secondary N) is 2. The van der Waals surface area contributed by atoms with E-state index in [0.29, 0.717) is 25.5 Å². The number of aryl methyl sites for hydroxylation is 2. The van der Waals surface area contributed by atoms with E-state index in [4.69, 9.17) is 4.52 Å². The molecule has 7 nitrogen and oxygen atoms in total. The van der Waals surface area contributed by atoms with E-state index >= 15 is 0 Å². The lowest BCUT2D eigenvalue weighted by molar-refractivity contribution is 0.380. The van der Waals surface area contributed by atoms with Crippen molar-refractivity contribution in [3.63, 3.8) is 0 Å². The molecule has 0 saturated heterocycles. The number of nitrogens with zero attached hydrogens (tertiary/aromatic N) is 2. The molecule has 0 radical (unpaired) electrons. The molecule has 1 rings (SSSR count). The van der Waals surface area contributed by atoms with Crippen LogP contribution in [0.2, 0.25) is 0 Å². The molecule has 0 aliphatic carbocycles. The fraction of sp³-hybridized carbons (Fsp3) is 0.714. The van der Waals surface area contributed by atoms with Gasteiger partial charge in [0.15, 0.2) is 5.96 Å². The first-order chi connectivity index (χ1) is 10.4. The van der Waals surface area contributed by atoms with Gasteiger partial charge in [-0.3, -0.25) is 4.99 Å². The van der Waals surface area contributed by atoms with E-state index in [1.165, 1.54) is 6.26 Å². The van der Waals surface area contributed by atoms with Crippen molar-refractivity contribution in [3.05, 3.63) is 17.0 Å². The Labute approximate surface area is 132 Å². The molecule has 0 aromatic carbocycles. The Bertz CT molecular complexity index is 572. The fourth-order valence-electron chi connectivity index (χ4n) is 2.07. The molecular weight excluding hydrogens is 304 g/mol. The van der Waals surface area contributed by atoms with E-state index in [1.54, 1.807) is 7.05 Å². The van der Waals surface area contributed by atoms with Crippen LogP contribution >= 0.6 is 0 Å². The van der Waals surface area contributed by atoms with Gasteiger partial charge in [-0.05, 0) is 12.8 Å². The molecule has 0 bridgehead atoms. The Morgan fingerprint density at radius 1 is 1.27 bits per heavy atom. The monoisotopic (exact) mass is 330 g/mol. The summed E-state index contributed by atoms with van der Waals surface area (Å²) in [6.07, 6.45) is 3.41. The number of guanidine groups is 1. The van der Waals surface area contributed by atoms with Crippen LogP contribution in [0.5, 0.6) is 0 Å². The topological polar surface area (TPSA) is 96.6 Å². The van der Waals surface area contributed by atoms with E-state index in [2.05, 4.69) is 20.8 Å². The van der Waals surface area contributed by atoms with Crippen LogP contribution in [0.3, 0.4) is 0 Å². The highest BCUT2D eigenvalue weighted by molar-refractivity contribution is 7.90. The van der Waals surface area contributed by atoms with Gasteiger partial charge in [-0.25, -0.2) is 8.42 Å². The van der Waals surface area contributed by atoms with Gasteiger partial charge in [-0.2, -0.15) is 0 Å². The van der Waals surface area contributed by atoms with Gasteiger partial charge in [-0.1, -0.05) is 19.0 Å². The van der Waals surface area contributed by atoms with Gasteiger partial charge in [0.2, 0.25) is 0 Å². The van der Waals surface area contributed by atoms with Gasteiger partial charge >= 0.3 is 0 Å². The van der Waals surface area contributed by atoms with E-state index in [-0.39, 0.29) is 5.75 Å². The van der Waals surface area contributed by atoms with Crippen molar-refractivity contribution in [2.45, 2.75) is 39.7 Å². The minimum Gasteiger partial charge on any atom is -0.361 e. The molecule has 0 fully saturated rings. The lowest BCUT2D eigenvalue weighted by Crippen LogP contribution is -2.38. The lowest BCUT2D eigenvalue weighted by atomic mass is 10.1. The summed E-state index contributed by atoms with van der Waals surface area (Å²) in [4.78, 5) is 4.13. The molecule has 8 heteroatoms. The largest absolute Gasteiger partial charge is 0.361 e. The number of aliphatic imine (C=N–C) groups is 1. The summed E-state index contributed by atoms with van der Waals surface area (Å²) in [5.41, 5.74) is 2.03. The van der Waals surface area contributed by atoms with Crippen LogP contribution in [0.15, 0.2) is 9.52 Å². The second-order valence-electron chi connectivity index (χ2n) is 5.07. The van der Waals surface area contributed by atoms with E-state index in [0.717, 1.165) is 29.9 Å². The maximum absolute atomic E-state index is 11.1. The third-order valence-corrected chi connectivity index (χ3v) is 4.28. The Balaban J connectivity index is 2.49. The number of rotatable bonds is 8. The minimum atomic E-state index is -2.92. The van der Waals surface area contributed by atoms with Crippen molar-refractivity contribution in [2.75, 3.05) is 25.6 Å². The molecule has 1 aromatic heterocycles. The van der Waals surface area contributed by atoms with Crippen molar-refractivity contribution in [1.82, 2.24) is 15.8 Å². The Kier molecular flexibility index (Phi) is 7.37. The van der Waals surface area contributed by atoms with E-state index in [1.807, 2.05) is 13.8 Å². The average molecular weight is 330 g/mol. The van der Waals surface area contributed by atoms with Crippen molar-refractivity contribution in [2.24, 2.45) is 4.99 Å². The number of hydrogen-bond acceptors (Lipinski definition) is 5. The van der Waals surface area contributed by atoms with Crippen LogP contribution in [0.1, 0.15) is 37.3 Å². The molecule has 1 aromatic rings. The van der Waals surface area contributed by atoms with Gasteiger partial charge in [0.05, 0.1) is 11.4 Å². The van der Waals surface area contributed by atoms with Gasteiger partial charge in [0.25, 0.3) is 0 Å². The molecular formula is C14H26N4O3S. The summed E-state index contributed by atoms with van der Waals surface area (Å²) < 4.78 is 27.5. The molecule has 2 N–H and O–H groups in total.